The van der Waals surface area contributed by atoms with E-state index in [4.69, 9.17) is 21.1 Å². The summed E-state index contributed by atoms with van der Waals surface area (Å²) < 4.78 is 0. The molecule has 2 atom stereocenters. The Balaban J connectivity index is 1.93. The van der Waals surface area contributed by atoms with Crippen molar-refractivity contribution in [1.29, 1.82) is 0 Å². The number of primary amides is 2. The first-order valence-corrected chi connectivity index (χ1v) is 7.40. The van der Waals surface area contributed by atoms with Gasteiger partial charge in [-0.1, -0.05) is 34.6 Å². The fourth-order valence-electron chi connectivity index (χ4n) is 2.69. The zero-order chi connectivity index (χ0) is 17.5. The summed E-state index contributed by atoms with van der Waals surface area (Å²) in [6, 6.07) is 7.08. The molecule has 0 spiro atoms. The van der Waals surface area contributed by atoms with Gasteiger partial charge in [0.25, 0.3) is 0 Å². The van der Waals surface area contributed by atoms with E-state index < -0.39 is 22.6 Å². The molecule has 0 fully saturated rings. The molecule has 1 aromatic carbocycles. The van der Waals surface area contributed by atoms with Crippen molar-refractivity contribution in [2.75, 3.05) is 13.2 Å². The quantitative estimate of drug-likeness (QED) is 0.813. The first kappa shape index (κ1) is 16.0. The van der Waals surface area contributed by atoms with Crippen LogP contribution in [0.15, 0.2) is 34.6 Å². The molecule has 0 bridgehead atoms. The largest absolute Gasteiger partial charge is 0.394 e. The van der Waals surface area contributed by atoms with Crippen LogP contribution in [-0.2, 0) is 19.3 Å². The zero-order valence-electron chi connectivity index (χ0n) is 13.4. The van der Waals surface area contributed by atoms with Crippen molar-refractivity contribution in [3.63, 3.8) is 0 Å². The van der Waals surface area contributed by atoms with Gasteiger partial charge in [0, 0.05) is 11.1 Å². The van der Waals surface area contributed by atoms with E-state index >= 15 is 0 Å². The summed E-state index contributed by atoms with van der Waals surface area (Å²) in [6.07, 6.45) is 0. The first-order chi connectivity index (χ1) is 11.3. The summed E-state index contributed by atoms with van der Waals surface area (Å²) in [4.78, 5) is 33.6. The van der Waals surface area contributed by atoms with Crippen molar-refractivity contribution in [3.05, 3.63) is 35.4 Å². The minimum Gasteiger partial charge on any atom is -0.394 e. The fraction of sp³-hybridized carbons (Fsp3) is 0.375. The van der Waals surface area contributed by atoms with Crippen LogP contribution in [0.5, 0.6) is 0 Å². The van der Waals surface area contributed by atoms with Gasteiger partial charge in [-0.05, 0) is 13.8 Å². The van der Waals surface area contributed by atoms with Crippen LogP contribution in [0.3, 0.4) is 0 Å². The second-order valence-electron chi connectivity index (χ2n) is 6.40. The van der Waals surface area contributed by atoms with Crippen molar-refractivity contribution >= 4 is 23.2 Å². The van der Waals surface area contributed by atoms with Crippen molar-refractivity contribution in [2.45, 2.75) is 13.8 Å². The van der Waals surface area contributed by atoms with Gasteiger partial charge in [-0.15, -0.1) is 0 Å². The number of hydrogen-bond acceptors (Lipinski definition) is 6. The number of carbonyl (C=O) groups is 2. The summed E-state index contributed by atoms with van der Waals surface area (Å²) in [6.45, 7) is 3.60. The number of oxime groups is 2. The van der Waals surface area contributed by atoms with Crippen LogP contribution in [0.1, 0.15) is 25.0 Å². The van der Waals surface area contributed by atoms with E-state index in [1.165, 1.54) is 0 Å². The zero-order valence-corrected chi connectivity index (χ0v) is 13.4. The Bertz CT molecular complexity index is 706. The van der Waals surface area contributed by atoms with Crippen molar-refractivity contribution < 1.29 is 19.3 Å². The molecule has 0 aliphatic carbocycles. The third kappa shape index (κ3) is 2.22. The molecule has 0 saturated carbocycles. The molecular formula is C16H18N4O4. The minimum absolute atomic E-state index is 0.111. The van der Waals surface area contributed by atoms with E-state index in [1.54, 1.807) is 38.1 Å². The number of hydrogen-bond donors (Lipinski definition) is 2. The Kier molecular flexibility index (Phi) is 3.55. The van der Waals surface area contributed by atoms with E-state index in [0.717, 1.165) is 0 Å². The monoisotopic (exact) mass is 330 g/mol. The Hall–Kier alpha value is -2.90. The second kappa shape index (κ2) is 5.33. The van der Waals surface area contributed by atoms with Crippen molar-refractivity contribution in [3.8, 4) is 0 Å². The molecule has 8 nitrogen and oxygen atoms in total. The summed E-state index contributed by atoms with van der Waals surface area (Å²) in [7, 11) is 0. The molecule has 2 aliphatic rings. The fourth-order valence-corrected chi connectivity index (χ4v) is 2.69. The maximum Gasteiger partial charge on any atom is 0.233 e. The molecule has 4 N–H and O–H groups in total. The molecule has 8 heteroatoms. The normalized spacial score (nSPS) is 28.6. The maximum absolute atomic E-state index is 11.7. The summed E-state index contributed by atoms with van der Waals surface area (Å²) in [5.74, 6) is -1.00. The van der Waals surface area contributed by atoms with Gasteiger partial charge in [0.15, 0.2) is 0 Å². The van der Waals surface area contributed by atoms with Gasteiger partial charge in [0.1, 0.15) is 35.5 Å². The lowest BCUT2D eigenvalue weighted by Gasteiger charge is -2.20. The second-order valence-corrected chi connectivity index (χ2v) is 6.40. The molecular weight excluding hydrogens is 312 g/mol. The van der Waals surface area contributed by atoms with E-state index in [-0.39, 0.29) is 13.2 Å². The third-order valence-electron chi connectivity index (χ3n) is 4.58. The average molecular weight is 330 g/mol. The molecule has 3 rings (SSSR count). The highest BCUT2D eigenvalue weighted by atomic mass is 16.6. The number of carbonyl (C=O) groups excluding carboxylic acids is 2. The van der Waals surface area contributed by atoms with Gasteiger partial charge in [-0.25, -0.2) is 0 Å². The molecule has 0 radical (unpaired) electrons. The summed E-state index contributed by atoms with van der Waals surface area (Å²) in [5, 5.41) is 7.90. The molecule has 0 aromatic heterocycles. The van der Waals surface area contributed by atoms with Gasteiger partial charge in [-0.3, -0.25) is 9.59 Å². The van der Waals surface area contributed by atoms with Gasteiger partial charge >= 0.3 is 0 Å². The molecule has 2 unspecified atom stereocenters. The van der Waals surface area contributed by atoms with Crippen LogP contribution in [0.4, 0.5) is 0 Å². The Morgan fingerprint density at radius 1 is 0.875 bits per heavy atom. The van der Waals surface area contributed by atoms with Gasteiger partial charge in [-0.2, -0.15) is 0 Å². The van der Waals surface area contributed by atoms with E-state index in [0.29, 0.717) is 22.6 Å². The number of nitrogens with two attached hydrogens (primary N) is 2. The maximum atomic E-state index is 11.7. The summed E-state index contributed by atoms with van der Waals surface area (Å²) in [5.41, 5.74) is 11.4. The van der Waals surface area contributed by atoms with Crippen LogP contribution in [0.25, 0.3) is 0 Å². The van der Waals surface area contributed by atoms with Crippen LogP contribution in [-0.4, -0.2) is 36.5 Å². The first-order valence-electron chi connectivity index (χ1n) is 7.40. The van der Waals surface area contributed by atoms with Gasteiger partial charge in [0.2, 0.25) is 11.8 Å². The molecule has 2 aliphatic heterocycles. The lowest BCUT2D eigenvalue weighted by molar-refractivity contribution is -0.125. The lowest BCUT2D eigenvalue weighted by Crippen LogP contribution is -2.42. The number of amides is 2. The third-order valence-corrected chi connectivity index (χ3v) is 4.58. The Morgan fingerprint density at radius 3 is 1.50 bits per heavy atom. The highest BCUT2D eigenvalue weighted by Gasteiger charge is 2.45. The van der Waals surface area contributed by atoms with Gasteiger partial charge in [0.05, 0.1) is 0 Å². The standard InChI is InChI=1S/C16H18N4O4/c1-15(13(17)21)7-23-19-11(15)9-3-5-10(6-4-9)12-16(2,14(18)22)8-24-20-12/h3-6H,7-8H2,1-2H3,(H2,17,21)(H2,18,22). The van der Waals surface area contributed by atoms with E-state index in [9.17, 15) is 9.59 Å². The summed E-state index contributed by atoms with van der Waals surface area (Å²) >= 11 is 0. The Labute approximate surface area is 138 Å². The topological polar surface area (TPSA) is 129 Å². The van der Waals surface area contributed by atoms with Crippen LogP contribution in [0, 0.1) is 10.8 Å². The molecule has 2 heterocycles. The van der Waals surface area contributed by atoms with Crippen molar-refractivity contribution in [2.24, 2.45) is 32.6 Å². The molecule has 126 valence electrons. The predicted octanol–water partition coefficient (Wildman–Crippen LogP) is 0.138. The minimum atomic E-state index is -0.975. The molecule has 24 heavy (non-hydrogen) atoms. The van der Waals surface area contributed by atoms with Crippen molar-refractivity contribution in [1.82, 2.24) is 0 Å². The van der Waals surface area contributed by atoms with Crippen LogP contribution >= 0.6 is 0 Å². The lowest BCUT2D eigenvalue weighted by atomic mass is 9.80. The highest BCUT2D eigenvalue weighted by Crippen LogP contribution is 2.32. The molecule has 0 saturated heterocycles. The number of benzene rings is 1. The van der Waals surface area contributed by atoms with Crippen LogP contribution < -0.4 is 11.5 Å². The average Bonchev–Trinajstić information content (AvgIpc) is 3.13. The smallest absolute Gasteiger partial charge is 0.233 e. The number of rotatable bonds is 4. The predicted molar refractivity (Wildman–Crippen MR) is 86.0 cm³/mol. The van der Waals surface area contributed by atoms with E-state index in [2.05, 4.69) is 10.3 Å². The van der Waals surface area contributed by atoms with Crippen LogP contribution in [0.2, 0.25) is 0 Å². The molecule has 1 aromatic rings. The van der Waals surface area contributed by atoms with E-state index in [1.807, 2.05) is 0 Å². The highest BCUT2D eigenvalue weighted by molar-refractivity contribution is 6.18. The molecule has 2 amide bonds. The van der Waals surface area contributed by atoms with Gasteiger partial charge < -0.3 is 21.1 Å². The number of nitrogens with zero attached hydrogens (tertiary/aromatic N) is 2. The Morgan fingerprint density at radius 2 is 1.21 bits per heavy atom. The SMILES string of the molecule is CC1(C(N)=O)CON=C1c1ccc(C2=NOCC2(C)C(N)=O)cc1.